The Labute approximate surface area is 396 Å². The van der Waals surface area contributed by atoms with E-state index in [-0.39, 0.29) is 24.9 Å². The van der Waals surface area contributed by atoms with E-state index in [2.05, 4.69) is 15.7 Å². The highest BCUT2D eigenvalue weighted by Gasteiger charge is 2.42. The molecule has 2 aliphatic rings. The molecule has 6 unspecified atom stereocenters. The minimum atomic E-state index is -1.76. The fourth-order valence-corrected chi connectivity index (χ4v) is 8.15. The van der Waals surface area contributed by atoms with Crippen LogP contribution in [-0.2, 0) is 51.1 Å². The molecular formula is C48H68N6O14. The van der Waals surface area contributed by atoms with Crippen LogP contribution in [0.3, 0.4) is 0 Å². The predicted octanol–water partition coefficient (Wildman–Crippen LogP) is 2.18. The first kappa shape index (κ1) is 56.8. The lowest BCUT2D eigenvalue weighted by molar-refractivity contribution is -0.153. The number of ether oxygens (including phenoxy) is 1. The van der Waals surface area contributed by atoms with Crippen LogP contribution in [0.25, 0.3) is 0 Å². The van der Waals surface area contributed by atoms with Gasteiger partial charge in [0.05, 0.1) is 30.7 Å². The Bertz CT molecular complexity index is 2050. The molecular weight excluding hydrogens is 885 g/mol. The highest BCUT2D eigenvalue weighted by molar-refractivity contribution is 6.41. The van der Waals surface area contributed by atoms with Crippen molar-refractivity contribution in [2.75, 3.05) is 26.2 Å². The average Bonchev–Trinajstić information content (AvgIpc) is 4.04. The molecule has 0 bridgehead atoms. The summed E-state index contributed by atoms with van der Waals surface area (Å²) in [7, 11) is 0. The second-order valence-electron chi connectivity index (χ2n) is 18.4. The van der Waals surface area contributed by atoms with Gasteiger partial charge in [-0.15, -0.1) is 9.81 Å². The van der Waals surface area contributed by atoms with Gasteiger partial charge in [-0.1, -0.05) is 71.0 Å². The van der Waals surface area contributed by atoms with E-state index in [1.165, 1.54) is 37.5 Å². The summed E-state index contributed by atoms with van der Waals surface area (Å²) in [4.78, 5) is 115. The van der Waals surface area contributed by atoms with Crippen molar-refractivity contribution in [2.24, 2.45) is 10.4 Å². The van der Waals surface area contributed by atoms with Gasteiger partial charge in [-0.25, -0.2) is 0 Å². The molecule has 2 fully saturated rings. The van der Waals surface area contributed by atoms with Gasteiger partial charge in [-0.3, -0.25) is 43.8 Å². The Hall–Kier alpha value is -5.51. The zero-order valence-corrected chi connectivity index (χ0v) is 40.0. The van der Waals surface area contributed by atoms with Gasteiger partial charge in [0.15, 0.2) is 30.3 Å². The van der Waals surface area contributed by atoms with Gasteiger partial charge in [0.25, 0.3) is 0 Å². The highest BCUT2D eigenvalue weighted by Crippen LogP contribution is 2.24. The molecule has 2 aliphatic heterocycles. The third-order valence-corrected chi connectivity index (χ3v) is 12.4. The standard InChI is InChI=1S/C24H33N3O8.C24H35N3O6/c1-15(21(30)27-13-7-10-18(27)22(31)32)25-17(12-11-16-8-5-4-6-9-16)23(33)35-14-19(28)20(29)24(2,3)26-34;1-16(12-13-18-9-6-5-7-10-18)27(15-20(28)21(29)24(3,4)25-33)17(2)22(30)26-14-8-11-19(26)23(31)32/h4-6,8-9,15,17-18,22,25,31-32H,7,10-14H2,1-3H3;5-7,9-10,16-17,19,23,31-32H,8,11-15H2,1-4H3. The van der Waals surface area contributed by atoms with Crippen molar-refractivity contribution in [3.8, 4) is 0 Å². The number of nitroso groups, excluding NO2 is 2. The molecule has 0 spiro atoms. The van der Waals surface area contributed by atoms with Gasteiger partial charge in [0.1, 0.15) is 6.04 Å². The van der Waals surface area contributed by atoms with Crippen molar-refractivity contribution >= 4 is 40.9 Å². The number of hydrogen-bond donors (Lipinski definition) is 5. The van der Waals surface area contributed by atoms with E-state index in [0.29, 0.717) is 58.0 Å². The number of carbonyl (C=O) groups is 7. The lowest BCUT2D eigenvalue weighted by atomic mass is 9.96. The molecule has 0 radical (unpaired) electrons. The van der Waals surface area contributed by atoms with Crippen molar-refractivity contribution < 1.29 is 58.7 Å². The zero-order valence-electron chi connectivity index (χ0n) is 40.0. The molecule has 68 heavy (non-hydrogen) atoms. The van der Waals surface area contributed by atoms with E-state index in [1.807, 2.05) is 67.6 Å². The van der Waals surface area contributed by atoms with Crippen LogP contribution in [0.2, 0.25) is 0 Å². The third-order valence-electron chi connectivity index (χ3n) is 12.4. The number of benzene rings is 2. The van der Waals surface area contributed by atoms with Crippen LogP contribution in [0, 0.1) is 9.81 Å². The van der Waals surface area contributed by atoms with Crippen LogP contribution < -0.4 is 5.32 Å². The number of aliphatic hydroxyl groups excluding tert-OH is 2. The predicted molar refractivity (Wildman–Crippen MR) is 248 cm³/mol. The van der Waals surface area contributed by atoms with Gasteiger partial charge in [0, 0.05) is 19.1 Å². The molecule has 4 rings (SSSR count). The van der Waals surface area contributed by atoms with Crippen molar-refractivity contribution in [2.45, 2.75) is 160 Å². The molecule has 2 heterocycles. The zero-order chi connectivity index (χ0) is 50.9. The van der Waals surface area contributed by atoms with E-state index in [0.717, 1.165) is 11.1 Å². The van der Waals surface area contributed by atoms with Crippen LogP contribution in [0.5, 0.6) is 0 Å². The van der Waals surface area contributed by atoms with Crippen LogP contribution in [0.4, 0.5) is 0 Å². The number of Topliss-reactive ketones (excluding diaryl/α,β-unsaturated/α-hetero) is 4. The van der Waals surface area contributed by atoms with E-state index in [1.54, 1.807) is 18.7 Å². The van der Waals surface area contributed by atoms with Crippen LogP contribution in [0.15, 0.2) is 71.0 Å². The first-order valence-electron chi connectivity index (χ1n) is 22.9. The first-order valence-corrected chi connectivity index (χ1v) is 22.9. The summed E-state index contributed by atoms with van der Waals surface area (Å²) in [6, 6.07) is 14.8. The van der Waals surface area contributed by atoms with Crippen LogP contribution >= 0.6 is 0 Å². The second kappa shape index (κ2) is 26.3. The molecule has 2 aromatic rings. The van der Waals surface area contributed by atoms with Crippen molar-refractivity contribution in [1.29, 1.82) is 0 Å². The largest absolute Gasteiger partial charge is 0.456 e. The molecule has 0 saturated carbocycles. The van der Waals surface area contributed by atoms with Crippen molar-refractivity contribution in [3.63, 3.8) is 0 Å². The molecule has 2 aromatic carbocycles. The molecule has 5 N–H and O–H groups in total. The number of ketones is 4. The van der Waals surface area contributed by atoms with E-state index < -0.39 is 95.5 Å². The monoisotopic (exact) mass is 952 g/mol. The van der Waals surface area contributed by atoms with Crippen LogP contribution in [-0.4, -0.2) is 162 Å². The van der Waals surface area contributed by atoms with Gasteiger partial charge in [-0.05, 0) is 111 Å². The number of carbonyl (C=O) groups excluding carboxylic acids is 7. The maximum Gasteiger partial charge on any atom is 0.323 e. The number of esters is 1. The van der Waals surface area contributed by atoms with E-state index >= 15 is 0 Å². The Morgan fingerprint density at radius 2 is 1.13 bits per heavy atom. The van der Waals surface area contributed by atoms with Crippen molar-refractivity contribution in [3.05, 3.63) is 81.6 Å². The van der Waals surface area contributed by atoms with E-state index in [4.69, 9.17) is 4.74 Å². The van der Waals surface area contributed by atoms with Crippen LogP contribution in [0.1, 0.15) is 98.1 Å². The summed E-state index contributed by atoms with van der Waals surface area (Å²) in [5.41, 5.74) is -1.39. The quantitative estimate of drug-likeness (QED) is 0.0413. The number of hydrogen-bond acceptors (Lipinski definition) is 18. The molecule has 374 valence electrons. The normalized spacial score (nSPS) is 18.0. The molecule has 20 heteroatoms. The molecule has 0 aromatic heterocycles. The number of aryl methyl sites for hydroxylation is 2. The fourth-order valence-electron chi connectivity index (χ4n) is 8.15. The lowest BCUT2D eigenvalue weighted by Crippen LogP contribution is -2.55. The summed E-state index contributed by atoms with van der Waals surface area (Å²) < 4.78 is 5.06. The molecule has 6 atom stereocenters. The number of nitrogens with one attached hydrogen (secondary N) is 1. The Balaban J connectivity index is 0.000000361. The number of likely N-dealkylation sites (tertiary alicyclic amines) is 2. The summed E-state index contributed by atoms with van der Waals surface area (Å²) in [6.45, 7) is 9.62. The summed E-state index contributed by atoms with van der Waals surface area (Å²) >= 11 is 0. The number of nitrogens with zero attached hydrogens (tertiary/aromatic N) is 5. The summed E-state index contributed by atoms with van der Waals surface area (Å²) in [6.07, 6.45) is 0.949. The van der Waals surface area contributed by atoms with Gasteiger partial charge < -0.3 is 35.0 Å². The topological polar surface area (TPSA) is 290 Å². The number of aliphatic hydroxyl groups is 4. The summed E-state index contributed by atoms with van der Waals surface area (Å²) in [5, 5.41) is 46.8. The third kappa shape index (κ3) is 16.1. The lowest BCUT2D eigenvalue weighted by Gasteiger charge is -2.37. The van der Waals surface area contributed by atoms with Gasteiger partial charge in [0.2, 0.25) is 34.9 Å². The fraction of sp³-hybridized carbons (Fsp3) is 0.604. The van der Waals surface area contributed by atoms with Gasteiger partial charge in [-0.2, -0.15) is 0 Å². The Morgan fingerprint density at radius 3 is 1.59 bits per heavy atom. The second-order valence-corrected chi connectivity index (χ2v) is 18.4. The Morgan fingerprint density at radius 1 is 0.691 bits per heavy atom. The SMILES string of the molecule is CC(CCc1ccccc1)N(CC(=O)C(=O)C(C)(C)N=O)C(C)C(=O)N1CCCC1C(O)O.CC(NC(CCc1ccccc1)C(=O)OCC(=O)C(=O)C(C)(C)N=O)C(=O)N1CCCC1C(O)O. The Kier molecular flexibility index (Phi) is 22.0. The maximum atomic E-state index is 13.3. The molecule has 2 amide bonds. The number of amides is 2. The first-order chi connectivity index (χ1) is 32.0. The highest BCUT2D eigenvalue weighted by atomic mass is 16.5. The average molecular weight is 953 g/mol. The summed E-state index contributed by atoms with van der Waals surface area (Å²) in [5.74, 6) is -5.38. The maximum absolute atomic E-state index is 13.3. The van der Waals surface area contributed by atoms with Gasteiger partial charge >= 0.3 is 5.97 Å². The number of rotatable bonds is 25. The molecule has 0 aliphatic carbocycles. The van der Waals surface area contributed by atoms with E-state index in [9.17, 15) is 63.8 Å². The minimum absolute atomic E-state index is 0.232. The molecule has 20 nitrogen and oxygen atoms in total. The smallest absolute Gasteiger partial charge is 0.323 e. The van der Waals surface area contributed by atoms with Crippen molar-refractivity contribution in [1.82, 2.24) is 20.0 Å². The minimum Gasteiger partial charge on any atom is -0.456 e. The molecule has 2 saturated heterocycles.